The number of aromatic nitrogens is 3. The van der Waals surface area contributed by atoms with Crippen LogP contribution in [0.5, 0.6) is 0 Å². The van der Waals surface area contributed by atoms with E-state index in [2.05, 4.69) is 52.8 Å². The molecule has 1 aromatic carbocycles. The average Bonchev–Trinajstić information content (AvgIpc) is 2.46. The van der Waals surface area contributed by atoms with E-state index in [0.29, 0.717) is 11.0 Å². The topological polar surface area (TPSA) is 64.7 Å². The number of rotatable bonds is 2. The zero-order valence-electron chi connectivity index (χ0n) is 13.4. The van der Waals surface area contributed by atoms with Crippen LogP contribution in [0.1, 0.15) is 1.37 Å². The molecule has 0 aliphatic rings. The standard InChI is InChI=1S/C16H18N4Si/c1-21(2,3)12-6-4-5-11(9-12)13-7-8-14-15(20-13)16(17)19-10-18-14/h4-10H,1-3H3,(H2,17,18,19)/i10D. The lowest BCUT2D eigenvalue weighted by molar-refractivity contribution is 1.21. The summed E-state index contributed by atoms with van der Waals surface area (Å²) < 4.78 is 7.51. The Balaban J connectivity index is 2.15. The molecule has 2 N–H and O–H groups in total. The molecule has 0 aliphatic carbocycles. The average molecular weight is 295 g/mol. The minimum atomic E-state index is -1.37. The number of nitrogens with zero attached hydrogens (tertiary/aromatic N) is 3. The zero-order chi connectivity index (χ0) is 15.9. The van der Waals surface area contributed by atoms with Crippen LogP contribution < -0.4 is 10.9 Å². The second-order valence-electron chi connectivity index (χ2n) is 6.10. The normalized spacial score (nSPS) is 12.4. The van der Waals surface area contributed by atoms with E-state index in [-0.39, 0.29) is 12.1 Å². The second-order valence-corrected chi connectivity index (χ2v) is 11.2. The fraction of sp³-hybridized carbons (Fsp3) is 0.188. The summed E-state index contributed by atoms with van der Waals surface area (Å²) in [7, 11) is -1.37. The lowest BCUT2D eigenvalue weighted by Gasteiger charge is -2.17. The number of fused-ring (bicyclic) bond motifs is 1. The van der Waals surface area contributed by atoms with E-state index >= 15 is 0 Å². The molecule has 0 atom stereocenters. The van der Waals surface area contributed by atoms with Crippen LogP contribution in [-0.2, 0) is 0 Å². The predicted molar refractivity (Wildman–Crippen MR) is 90.2 cm³/mol. The molecule has 3 rings (SSSR count). The van der Waals surface area contributed by atoms with E-state index in [1.807, 2.05) is 18.2 Å². The molecule has 5 heteroatoms. The van der Waals surface area contributed by atoms with Crippen LogP contribution in [0.25, 0.3) is 22.3 Å². The summed E-state index contributed by atoms with van der Waals surface area (Å²) >= 11 is 0. The number of anilines is 1. The van der Waals surface area contributed by atoms with Gasteiger partial charge in [0.15, 0.2) is 5.82 Å². The Bertz CT molecular complexity index is 858. The summed E-state index contributed by atoms with van der Waals surface area (Å²) in [6, 6.07) is 12.3. The van der Waals surface area contributed by atoms with Crippen molar-refractivity contribution in [3.8, 4) is 11.3 Å². The van der Waals surface area contributed by atoms with Gasteiger partial charge in [-0.05, 0) is 12.1 Å². The minimum Gasteiger partial charge on any atom is -0.382 e. The van der Waals surface area contributed by atoms with Gasteiger partial charge in [-0.25, -0.2) is 15.0 Å². The summed E-state index contributed by atoms with van der Waals surface area (Å²) in [4.78, 5) is 12.5. The molecule has 2 heterocycles. The van der Waals surface area contributed by atoms with Crippen molar-refractivity contribution in [3.05, 3.63) is 42.7 Å². The molecule has 0 spiro atoms. The van der Waals surface area contributed by atoms with Gasteiger partial charge in [0.2, 0.25) is 0 Å². The van der Waals surface area contributed by atoms with Crippen molar-refractivity contribution < 1.29 is 1.37 Å². The van der Waals surface area contributed by atoms with Gasteiger partial charge in [-0.1, -0.05) is 49.1 Å². The van der Waals surface area contributed by atoms with Crippen molar-refractivity contribution in [2.75, 3.05) is 5.73 Å². The summed E-state index contributed by atoms with van der Waals surface area (Å²) in [6.07, 6.45) is -0.0831. The van der Waals surface area contributed by atoms with E-state index in [1.54, 1.807) is 0 Å². The smallest absolute Gasteiger partial charge is 0.153 e. The number of hydrogen-bond acceptors (Lipinski definition) is 4. The Kier molecular flexibility index (Phi) is 2.92. The first-order valence-electron chi connectivity index (χ1n) is 7.36. The van der Waals surface area contributed by atoms with Crippen LogP contribution in [0.2, 0.25) is 19.6 Å². The summed E-state index contributed by atoms with van der Waals surface area (Å²) in [5, 5.41) is 1.39. The number of hydrogen-bond donors (Lipinski definition) is 1. The first-order chi connectivity index (χ1) is 10.3. The van der Waals surface area contributed by atoms with Gasteiger partial charge in [0.25, 0.3) is 0 Å². The molecule has 0 fully saturated rings. The van der Waals surface area contributed by atoms with Gasteiger partial charge < -0.3 is 5.73 Å². The molecule has 4 nitrogen and oxygen atoms in total. The van der Waals surface area contributed by atoms with Gasteiger partial charge in [0.05, 0.1) is 19.3 Å². The van der Waals surface area contributed by atoms with Crippen molar-refractivity contribution in [3.63, 3.8) is 0 Å². The molecular weight excluding hydrogens is 276 g/mol. The summed E-state index contributed by atoms with van der Waals surface area (Å²) in [6.45, 7) is 6.96. The molecule has 0 amide bonds. The van der Waals surface area contributed by atoms with Gasteiger partial charge in [0.1, 0.15) is 13.2 Å². The zero-order valence-corrected chi connectivity index (χ0v) is 13.4. The van der Waals surface area contributed by atoms with Crippen LogP contribution in [0.3, 0.4) is 0 Å². The van der Waals surface area contributed by atoms with Crippen LogP contribution in [0.15, 0.2) is 42.7 Å². The lowest BCUT2D eigenvalue weighted by atomic mass is 10.1. The fourth-order valence-electron chi connectivity index (χ4n) is 2.22. The number of benzene rings is 1. The molecule has 0 bridgehead atoms. The molecule has 0 aliphatic heterocycles. The monoisotopic (exact) mass is 295 g/mol. The van der Waals surface area contributed by atoms with E-state index in [4.69, 9.17) is 7.10 Å². The highest BCUT2D eigenvalue weighted by atomic mass is 28.3. The number of pyridine rings is 1. The van der Waals surface area contributed by atoms with Crippen LogP contribution in [0.4, 0.5) is 5.82 Å². The van der Waals surface area contributed by atoms with Crippen molar-refractivity contribution in [1.29, 1.82) is 0 Å². The Morgan fingerprint density at radius 3 is 2.67 bits per heavy atom. The van der Waals surface area contributed by atoms with Gasteiger partial charge in [-0.3, -0.25) is 0 Å². The maximum absolute atomic E-state index is 7.51. The highest BCUT2D eigenvalue weighted by molar-refractivity contribution is 6.88. The maximum Gasteiger partial charge on any atom is 0.153 e. The van der Waals surface area contributed by atoms with Gasteiger partial charge in [0, 0.05) is 5.56 Å². The van der Waals surface area contributed by atoms with Gasteiger partial charge >= 0.3 is 0 Å². The van der Waals surface area contributed by atoms with Gasteiger partial charge in [-0.2, -0.15) is 0 Å². The molecular formula is C16H18N4Si. The maximum atomic E-state index is 7.51. The van der Waals surface area contributed by atoms with E-state index in [0.717, 1.165) is 11.3 Å². The predicted octanol–water partition coefficient (Wildman–Crippen LogP) is 2.82. The first kappa shape index (κ1) is 12.5. The molecule has 2 aromatic heterocycles. The third kappa shape index (κ3) is 2.64. The van der Waals surface area contributed by atoms with Crippen LogP contribution in [0, 0.1) is 0 Å². The van der Waals surface area contributed by atoms with Crippen molar-refractivity contribution in [2.45, 2.75) is 19.6 Å². The Labute approximate surface area is 126 Å². The molecule has 0 saturated heterocycles. The molecule has 0 saturated carbocycles. The molecule has 21 heavy (non-hydrogen) atoms. The fourth-order valence-corrected chi connectivity index (χ4v) is 3.41. The highest BCUT2D eigenvalue weighted by Crippen LogP contribution is 2.22. The minimum absolute atomic E-state index is 0.0831. The van der Waals surface area contributed by atoms with E-state index < -0.39 is 8.07 Å². The summed E-state index contributed by atoms with van der Waals surface area (Å²) in [5.74, 6) is 0.248. The number of nitrogen functional groups attached to an aromatic ring is 1. The van der Waals surface area contributed by atoms with Crippen LogP contribution >= 0.6 is 0 Å². The molecule has 0 radical (unpaired) electrons. The second kappa shape index (κ2) is 4.93. The third-order valence-corrected chi connectivity index (χ3v) is 5.52. The quantitative estimate of drug-likeness (QED) is 0.738. The SMILES string of the molecule is [2H]c1nc(N)c2nc(-c3cccc([Si](C)(C)C)c3)ccc2n1. The van der Waals surface area contributed by atoms with E-state index in [1.165, 1.54) is 5.19 Å². The third-order valence-electron chi connectivity index (χ3n) is 3.48. The van der Waals surface area contributed by atoms with Crippen LogP contribution in [-0.4, -0.2) is 23.0 Å². The van der Waals surface area contributed by atoms with E-state index in [9.17, 15) is 0 Å². The van der Waals surface area contributed by atoms with Gasteiger partial charge in [-0.15, -0.1) is 0 Å². The van der Waals surface area contributed by atoms with Crippen molar-refractivity contribution in [2.24, 2.45) is 0 Å². The van der Waals surface area contributed by atoms with Crippen molar-refractivity contribution in [1.82, 2.24) is 15.0 Å². The Morgan fingerprint density at radius 1 is 1.10 bits per heavy atom. The molecule has 3 aromatic rings. The highest BCUT2D eigenvalue weighted by Gasteiger charge is 2.17. The Hall–Kier alpha value is -2.27. The Morgan fingerprint density at radius 2 is 1.90 bits per heavy atom. The van der Waals surface area contributed by atoms with Crippen molar-refractivity contribution >= 4 is 30.1 Å². The molecule has 106 valence electrons. The lowest BCUT2D eigenvalue weighted by Crippen LogP contribution is -2.37. The first-order valence-corrected chi connectivity index (χ1v) is 10.4. The molecule has 0 unspecified atom stereocenters. The number of nitrogens with two attached hydrogens (primary N) is 1. The summed E-state index contributed by atoms with van der Waals surface area (Å²) in [5.41, 5.74) is 8.94. The largest absolute Gasteiger partial charge is 0.382 e.